The van der Waals surface area contributed by atoms with Gasteiger partial charge in [-0.25, -0.2) is 0 Å². The molecule has 1 atom stereocenters. The molecule has 0 saturated carbocycles. The van der Waals surface area contributed by atoms with Gasteiger partial charge in [-0.1, -0.05) is 32.1 Å². The van der Waals surface area contributed by atoms with Crippen LogP contribution >= 0.6 is 23.1 Å². The summed E-state index contributed by atoms with van der Waals surface area (Å²) in [6, 6.07) is 2.08. The molecular weight excluding hydrogens is 248 g/mol. The summed E-state index contributed by atoms with van der Waals surface area (Å²) < 4.78 is 0. The largest absolute Gasteiger partial charge is 0.395 e. The van der Waals surface area contributed by atoms with Gasteiger partial charge in [0.05, 0.1) is 6.61 Å². The summed E-state index contributed by atoms with van der Waals surface area (Å²) in [5.74, 6) is 9.20. The molecule has 17 heavy (non-hydrogen) atoms. The fourth-order valence-electron chi connectivity index (χ4n) is 1.25. The van der Waals surface area contributed by atoms with Crippen molar-refractivity contribution in [2.24, 2.45) is 5.92 Å². The molecule has 1 nitrogen and oxygen atoms in total. The van der Waals surface area contributed by atoms with Gasteiger partial charge in [0.15, 0.2) is 0 Å². The number of hydrogen-bond donors (Lipinski definition) is 1. The summed E-state index contributed by atoms with van der Waals surface area (Å²) in [5.41, 5.74) is 1.14. The van der Waals surface area contributed by atoms with Crippen molar-refractivity contribution in [2.45, 2.75) is 32.4 Å². The first-order valence-corrected chi connectivity index (χ1v) is 8.05. The Balaban J connectivity index is 2.44. The van der Waals surface area contributed by atoms with Crippen molar-refractivity contribution in [1.29, 1.82) is 0 Å². The van der Waals surface area contributed by atoms with Crippen LogP contribution in [0.2, 0.25) is 0 Å². The van der Waals surface area contributed by atoms with E-state index in [2.05, 4.69) is 37.1 Å². The smallest absolute Gasteiger partial charge is 0.0540 e. The van der Waals surface area contributed by atoms with E-state index in [1.54, 1.807) is 11.3 Å². The molecule has 0 radical (unpaired) electrons. The van der Waals surface area contributed by atoms with Crippen LogP contribution in [0.3, 0.4) is 0 Å². The highest BCUT2D eigenvalue weighted by Gasteiger charge is 2.04. The Morgan fingerprint density at radius 1 is 1.53 bits per heavy atom. The molecule has 1 unspecified atom stereocenters. The maximum atomic E-state index is 8.69. The first kappa shape index (κ1) is 14.6. The lowest BCUT2D eigenvalue weighted by atomic mass is 10.2. The van der Waals surface area contributed by atoms with Crippen molar-refractivity contribution >= 4 is 23.1 Å². The van der Waals surface area contributed by atoms with Crippen LogP contribution in [0.25, 0.3) is 0 Å². The van der Waals surface area contributed by atoms with Gasteiger partial charge in [0.2, 0.25) is 0 Å². The molecular formula is C14H20OS2. The van der Waals surface area contributed by atoms with Crippen molar-refractivity contribution in [1.82, 2.24) is 0 Å². The first-order chi connectivity index (χ1) is 8.27. The highest BCUT2D eigenvalue weighted by atomic mass is 32.2. The monoisotopic (exact) mass is 268 g/mol. The SMILES string of the molecule is CCC(C)CSCc1sccc1C#CCCO. The fourth-order valence-corrected chi connectivity index (χ4v) is 3.48. The number of aliphatic hydroxyl groups is 1. The Kier molecular flexibility index (Phi) is 7.43. The van der Waals surface area contributed by atoms with Gasteiger partial charge in [-0.2, -0.15) is 11.8 Å². The zero-order valence-electron chi connectivity index (χ0n) is 10.5. The lowest BCUT2D eigenvalue weighted by molar-refractivity contribution is 0.305. The van der Waals surface area contributed by atoms with Gasteiger partial charge in [-0.15, -0.1) is 11.3 Å². The van der Waals surface area contributed by atoms with Crippen LogP contribution < -0.4 is 0 Å². The van der Waals surface area contributed by atoms with E-state index in [-0.39, 0.29) is 6.61 Å². The second kappa shape index (κ2) is 8.63. The molecule has 0 amide bonds. The molecule has 0 fully saturated rings. The zero-order valence-corrected chi connectivity index (χ0v) is 12.2. The van der Waals surface area contributed by atoms with E-state index in [0.29, 0.717) is 6.42 Å². The van der Waals surface area contributed by atoms with E-state index in [9.17, 15) is 0 Å². The Bertz CT molecular complexity index is 373. The van der Waals surface area contributed by atoms with Gasteiger partial charge in [0.25, 0.3) is 0 Å². The molecule has 0 spiro atoms. The van der Waals surface area contributed by atoms with Crippen LogP contribution in [-0.4, -0.2) is 17.5 Å². The highest BCUT2D eigenvalue weighted by Crippen LogP contribution is 2.23. The van der Waals surface area contributed by atoms with Gasteiger partial charge in [-0.3, -0.25) is 0 Å². The fraction of sp³-hybridized carbons (Fsp3) is 0.571. The van der Waals surface area contributed by atoms with Gasteiger partial charge in [0.1, 0.15) is 0 Å². The number of aliphatic hydroxyl groups excluding tert-OH is 1. The Morgan fingerprint density at radius 3 is 3.06 bits per heavy atom. The third-order valence-corrected chi connectivity index (χ3v) is 4.94. The number of rotatable bonds is 6. The molecule has 0 aromatic carbocycles. The van der Waals surface area contributed by atoms with Crippen molar-refractivity contribution in [3.05, 3.63) is 21.9 Å². The molecule has 1 aromatic heterocycles. The average molecular weight is 268 g/mol. The van der Waals surface area contributed by atoms with Crippen LogP contribution in [0.5, 0.6) is 0 Å². The van der Waals surface area contributed by atoms with Crippen LogP contribution in [0.4, 0.5) is 0 Å². The van der Waals surface area contributed by atoms with Crippen molar-refractivity contribution < 1.29 is 5.11 Å². The number of thiophene rings is 1. The summed E-state index contributed by atoms with van der Waals surface area (Å²) in [6.45, 7) is 4.68. The first-order valence-electron chi connectivity index (χ1n) is 6.01. The summed E-state index contributed by atoms with van der Waals surface area (Å²) in [6.07, 6.45) is 1.82. The second-order valence-corrected chi connectivity index (χ2v) is 6.09. The van der Waals surface area contributed by atoms with Crippen LogP contribution in [0.15, 0.2) is 11.4 Å². The van der Waals surface area contributed by atoms with Crippen LogP contribution in [-0.2, 0) is 5.75 Å². The second-order valence-electron chi connectivity index (χ2n) is 4.06. The molecule has 0 bridgehead atoms. The molecule has 1 N–H and O–H groups in total. The normalized spacial score (nSPS) is 11.9. The molecule has 0 saturated heterocycles. The number of thioether (sulfide) groups is 1. The van der Waals surface area contributed by atoms with Crippen molar-refractivity contribution in [2.75, 3.05) is 12.4 Å². The highest BCUT2D eigenvalue weighted by molar-refractivity contribution is 7.98. The Labute approximate surface area is 113 Å². The Morgan fingerprint density at radius 2 is 2.35 bits per heavy atom. The summed E-state index contributed by atoms with van der Waals surface area (Å²) in [5, 5.41) is 10.8. The predicted molar refractivity (Wildman–Crippen MR) is 78.5 cm³/mol. The average Bonchev–Trinajstić information content (AvgIpc) is 2.77. The summed E-state index contributed by atoms with van der Waals surface area (Å²) in [7, 11) is 0. The minimum atomic E-state index is 0.148. The third kappa shape index (κ3) is 5.63. The van der Waals surface area contributed by atoms with Crippen molar-refractivity contribution in [3.63, 3.8) is 0 Å². The molecule has 1 aromatic rings. The summed E-state index contributed by atoms with van der Waals surface area (Å²) >= 11 is 3.77. The minimum absolute atomic E-state index is 0.148. The molecule has 0 aliphatic heterocycles. The molecule has 94 valence electrons. The zero-order chi connectivity index (χ0) is 12.5. The van der Waals surface area contributed by atoms with Gasteiger partial charge in [0, 0.05) is 22.6 Å². The van der Waals surface area contributed by atoms with Gasteiger partial charge in [-0.05, 0) is 23.1 Å². The molecule has 0 aliphatic rings. The van der Waals surface area contributed by atoms with Crippen molar-refractivity contribution in [3.8, 4) is 11.8 Å². The van der Waals surface area contributed by atoms with E-state index >= 15 is 0 Å². The number of hydrogen-bond acceptors (Lipinski definition) is 3. The minimum Gasteiger partial charge on any atom is -0.395 e. The molecule has 0 aliphatic carbocycles. The summed E-state index contributed by atoms with van der Waals surface area (Å²) in [4.78, 5) is 1.36. The van der Waals surface area contributed by atoms with Gasteiger partial charge >= 0.3 is 0 Å². The third-order valence-electron chi connectivity index (χ3n) is 2.54. The maximum Gasteiger partial charge on any atom is 0.0540 e. The predicted octanol–water partition coefficient (Wildman–Crippen LogP) is 3.76. The van der Waals surface area contributed by atoms with Crippen LogP contribution in [0.1, 0.15) is 37.1 Å². The topological polar surface area (TPSA) is 20.2 Å². The van der Waals surface area contributed by atoms with E-state index in [0.717, 1.165) is 17.2 Å². The lowest BCUT2D eigenvalue weighted by Gasteiger charge is -2.06. The standard InChI is InChI=1S/C14H20OS2/c1-3-12(2)10-16-11-14-13(7-9-17-14)6-4-5-8-15/h7,9,12,15H,3,5,8,10-11H2,1-2H3. The van der Waals surface area contributed by atoms with E-state index in [1.807, 2.05) is 11.8 Å². The lowest BCUT2D eigenvalue weighted by Crippen LogP contribution is -1.95. The molecule has 3 heteroatoms. The van der Waals surface area contributed by atoms with E-state index < -0.39 is 0 Å². The molecule has 1 rings (SSSR count). The molecule has 1 heterocycles. The Hall–Kier alpha value is -0.430. The van der Waals surface area contributed by atoms with E-state index in [1.165, 1.54) is 17.1 Å². The van der Waals surface area contributed by atoms with E-state index in [4.69, 9.17) is 5.11 Å². The van der Waals surface area contributed by atoms with Crippen LogP contribution in [0, 0.1) is 17.8 Å². The quantitative estimate of drug-likeness (QED) is 0.793. The maximum absolute atomic E-state index is 8.69. The van der Waals surface area contributed by atoms with Gasteiger partial charge < -0.3 is 5.11 Å².